The highest BCUT2D eigenvalue weighted by molar-refractivity contribution is 5.73. The minimum absolute atomic E-state index is 0.0217. The molecule has 0 aliphatic heterocycles. The minimum Gasteiger partial charge on any atom is -0.399 e. The lowest BCUT2D eigenvalue weighted by Gasteiger charge is -2.02. The third-order valence-electron chi connectivity index (χ3n) is 1.02. The van der Waals surface area contributed by atoms with E-state index in [1.54, 1.807) is 13.8 Å². The van der Waals surface area contributed by atoms with Crippen LogP contribution in [0.3, 0.4) is 0 Å². The van der Waals surface area contributed by atoms with Crippen molar-refractivity contribution < 1.29 is 4.39 Å². The van der Waals surface area contributed by atoms with Gasteiger partial charge in [-0.15, -0.1) is 0 Å². The second kappa shape index (κ2) is 3.22. The van der Waals surface area contributed by atoms with Gasteiger partial charge in [-0.3, -0.25) is 0 Å². The molecule has 0 heterocycles. The van der Waals surface area contributed by atoms with E-state index in [9.17, 15) is 4.39 Å². The van der Waals surface area contributed by atoms with Gasteiger partial charge in [0.1, 0.15) is 0 Å². The second-order valence-corrected chi connectivity index (χ2v) is 2.10. The number of halogens is 1. The Hall–Kier alpha value is -0.860. The lowest BCUT2D eigenvalue weighted by molar-refractivity contribution is 0.629. The Kier molecular flexibility index (Phi) is 2.91. The smallest absolute Gasteiger partial charge is 0.159 e. The predicted octanol–water partition coefficient (Wildman–Crippen LogP) is 1.43. The Morgan fingerprint density at radius 1 is 1.67 bits per heavy atom. The lowest BCUT2D eigenvalue weighted by Crippen LogP contribution is -2.07. The first-order valence-corrected chi connectivity index (χ1v) is 2.75. The zero-order chi connectivity index (χ0) is 7.44. The summed E-state index contributed by atoms with van der Waals surface area (Å²) in [5.41, 5.74) is 5.37. The molecule has 0 radical (unpaired) electrons. The molecule has 9 heavy (non-hydrogen) atoms. The minimum atomic E-state index is -0.634. The van der Waals surface area contributed by atoms with Gasteiger partial charge in [0.2, 0.25) is 0 Å². The number of nitrogens with two attached hydrogens (primary N) is 1. The number of rotatable bonds is 2. The van der Waals surface area contributed by atoms with E-state index in [2.05, 4.69) is 0 Å². The van der Waals surface area contributed by atoms with E-state index in [-0.39, 0.29) is 11.6 Å². The molecule has 0 atom stereocenters. The molecule has 0 fully saturated rings. The van der Waals surface area contributed by atoms with Gasteiger partial charge in [0.25, 0.3) is 0 Å². The quantitative estimate of drug-likeness (QED) is 0.546. The van der Waals surface area contributed by atoms with Crippen LogP contribution in [0.4, 0.5) is 4.39 Å². The fourth-order valence-corrected chi connectivity index (χ4v) is 0.359. The van der Waals surface area contributed by atoms with Crippen molar-refractivity contribution in [3.63, 3.8) is 0 Å². The molecule has 0 amide bonds. The maximum atomic E-state index is 12.3. The van der Waals surface area contributed by atoms with Crippen LogP contribution in [0, 0.1) is 11.3 Å². The van der Waals surface area contributed by atoms with Gasteiger partial charge in [0, 0.05) is 5.70 Å². The Labute approximate surface area is 54.1 Å². The molecule has 0 aromatic heterocycles. The van der Waals surface area contributed by atoms with Crippen molar-refractivity contribution in [1.82, 2.24) is 0 Å². The van der Waals surface area contributed by atoms with E-state index < -0.39 is 5.83 Å². The zero-order valence-corrected chi connectivity index (χ0v) is 5.61. The molecule has 2 nitrogen and oxygen atoms in total. The Morgan fingerprint density at radius 3 is 2.22 bits per heavy atom. The highest BCUT2D eigenvalue weighted by Gasteiger charge is 2.02. The molecule has 0 saturated heterocycles. The average Bonchev–Trinajstić information content (AvgIpc) is 1.84. The Morgan fingerprint density at radius 2 is 2.11 bits per heavy atom. The normalized spacial score (nSPS) is 13.3. The number of nitrogens with one attached hydrogen (secondary N) is 1. The second-order valence-electron chi connectivity index (χ2n) is 2.10. The summed E-state index contributed by atoms with van der Waals surface area (Å²) in [6.07, 6.45) is 0.620. The van der Waals surface area contributed by atoms with Crippen molar-refractivity contribution in [3.8, 4) is 0 Å². The molecule has 0 aliphatic rings. The maximum Gasteiger partial charge on any atom is 0.159 e. The van der Waals surface area contributed by atoms with Crippen LogP contribution in [-0.4, -0.2) is 6.21 Å². The fraction of sp³-hybridized carbons (Fsp3) is 0.500. The largest absolute Gasteiger partial charge is 0.399 e. The van der Waals surface area contributed by atoms with Crippen LogP contribution >= 0.6 is 0 Å². The SMILES string of the molecule is CC(C)/C(N)=C(\F)C=N. The van der Waals surface area contributed by atoms with Gasteiger partial charge in [0.05, 0.1) is 6.21 Å². The van der Waals surface area contributed by atoms with Crippen molar-refractivity contribution in [1.29, 1.82) is 5.41 Å². The van der Waals surface area contributed by atoms with Crippen LogP contribution in [-0.2, 0) is 0 Å². The van der Waals surface area contributed by atoms with Gasteiger partial charge in [0.15, 0.2) is 5.83 Å². The first-order valence-electron chi connectivity index (χ1n) is 2.75. The van der Waals surface area contributed by atoms with Gasteiger partial charge in [-0.25, -0.2) is 4.39 Å². The molecule has 0 rings (SSSR count). The fourth-order valence-electron chi connectivity index (χ4n) is 0.359. The van der Waals surface area contributed by atoms with Crippen molar-refractivity contribution in [2.24, 2.45) is 11.7 Å². The third kappa shape index (κ3) is 2.26. The third-order valence-corrected chi connectivity index (χ3v) is 1.02. The molecular formula is C6H11FN2. The van der Waals surface area contributed by atoms with Crippen LogP contribution in [0.15, 0.2) is 11.5 Å². The summed E-state index contributed by atoms with van der Waals surface area (Å²) in [7, 11) is 0. The van der Waals surface area contributed by atoms with Gasteiger partial charge < -0.3 is 11.1 Å². The molecule has 0 aromatic carbocycles. The van der Waals surface area contributed by atoms with Gasteiger partial charge >= 0.3 is 0 Å². The summed E-state index contributed by atoms with van der Waals surface area (Å²) in [5, 5.41) is 6.49. The zero-order valence-electron chi connectivity index (χ0n) is 5.61. The topological polar surface area (TPSA) is 49.9 Å². The van der Waals surface area contributed by atoms with Crippen LogP contribution in [0.5, 0.6) is 0 Å². The summed E-state index contributed by atoms with van der Waals surface area (Å²) in [6.45, 7) is 3.55. The first-order chi connectivity index (χ1) is 4.09. The van der Waals surface area contributed by atoms with Crippen molar-refractivity contribution in [2.45, 2.75) is 13.8 Å². The molecule has 0 aliphatic carbocycles. The predicted molar refractivity (Wildman–Crippen MR) is 35.9 cm³/mol. The monoisotopic (exact) mass is 130 g/mol. The van der Waals surface area contributed by atoms with E-state index in [0.717, 1.165) is 0 Å². The van der Waals surface area contributed by atoms with E-state index in [4.69, 9.17) is 11.1 Å². The molecule has 0 bridgehead atoms. The number of allylic oxidation sites excluding steroid dienone is 2. The molecule has 0 aromatic rings. The van der Waals surface area contributed by atoms with E-state index >= 15 is 0 Å². The highest BCUT2D eigenvalue weighted by Crippen LogP contribution is 2.07. The number of hydrogen-bond donors (Lipinski definition) is 2. The molecule has 0 unspecified atom stereocenters. The van der Waals surface area contributed by atoms with Gasteiger partial charge in [-0.05, 0) is 5.92 Å². The van der Waals surface area contributed by atoms with Crippen LogP contribution in [0.25, 0.3) is 0 Å². The van der Waals surface area contributed by atoms with Crippen molar-refractivity contribution >= 4 is 6.21 Å². The van der Waals surface area contributed by atoms with Crippen LogP contribution in [0.1, 0.15) is 13.8 Å². The van der Waals surface area contributed by atoms with Crippen LogP contribution < -0.4 is 5.73 Å². The molecule has 3 N–H and O–H groups in total. The molecule has 0 spiro atoms. The maximum absolute atomic E-state index is 12.3. The summed E-state index contributed by atoms with van der Waals surface area (Å²) in [4.78, 5) is 0. The van der Waals surface area contributed by atoms with E-state index in [0.29, 0.717) is 6.21 Å². The van der Waals surface area contributed by atoms with E-state index in [1.807, 2.05) is 0 Å². The van der Waals surface area contributed by atoms with Crippen molar-refractivity contribution in [3.05, 3.63) is 11.5 Å². The summed E-state index contributed by atoms with van der Waals surface area (Å²) in [6, 6.07) is 0. The average molecular weight is 130 g/mol. The first kappa shape index (κ1) is 8.14. The Bertz CT molecular complexity index is 138. The highest BCUT2D eigenvalue weighted by atomic mass is 19.1. The summed E-state index contributed by atoms with van der Waals surface area (Å²) < 4.78 is 12.3. The lowest BCUT2D eigenvalue weighted by atomic mass is 10.1. The summed E-state index contributed by atoms with van der Waals surface area (Å²) in [5.74, 6) is -0.656. The molecular weight excluding hydrogens is 119 g/mol. The Balaban J connectivity index is 4.27. The van der Waals surface area contributed by atoms with Crippen molar-refractivity contribution in [2.75, 3.05) is 0 Å². The van der Waals surface area contributed by atoms with Gasteiger partial charge in [-0.1, -0.05) is 13.8 Å². The standard InChI is InChI=1S/C6H11FN2/c1-4(2)6(9)5(7)3-8/h3-4,8H,9H2,1-2H3/b6-5+,8-3?. The molecule has 3 heteroatoms. The molecule has 0 saturated carbocycles. The number of hydrogen-bond acceptors (Lipinski definition) is 2. The molecule has 52 valence electrons. The van der Waals surface area contributed by atoms with Gasteiger partial charge in [-0.2, -0.15) is 0 Å². The van der Waals surface area contributed by atoms with E-state index in [1.165, 1.54) is 0 Å². The summed E-state index contributed by atoms with van der Waals surface area (Å²) >= 11 is 0. The van der Waals surface area contributed by atoms with Crippen LogP contribution in [0.2, 0.25) is 0 Å².